The molecule has 36 heavy (non-hydrogen) atoms. The zero-order valence-corrected chi connectivity index (χ0v) is 21.8. The van der Waals surface area contributed by atoms with Crippen LogP contribution in [0.1, 0.15) is 50.8 Å². The average molecular weight is 508 g/mol. The van der Waals surface area contributed by atoms with Gasteiger partial charge in [-0.05, 0) is 62.2 Å². The number of anilines is 1. The maximum Gasteiger partial charge on any atom is 0.293 e. The number of nitro benzene ring substituents is 1. The highest BCUT2D eigenvalue weighted by atomic mass is 32.2. The lowest BCUT2D eigenvalue weighted by molar-refractivity contribution is -0.384. The van der Waals surface area contributed by atoms with Crippen LogP contribution in [0.25, 0.3) is 11.6 Å². The van der Waals surface area contributed by atoms with Crippen molar-refractivity contribution >= 4 is 45.9 Å². The molecular weight excluding hydrogens is 478 g/mol. The van der Waals surface area contributed by atoms with E-state index in [-0.39, 0.29) is 23.0 Å². The Morgan fingerprint density at radius 2 is 1.86 bits per heavy atom. The third-order valence-corrected chi connectivity index (χ3v) is 7.33. The summed E-state index contributed by atoms with van der Waals surface area (Å²) in [6, 6.07) is 9.85. The molecule has 0 aromatic heterocycles. The second-order valence-electron chi connectivity index (χ2n) is 9.44. The van der Waals surface area contributed by atoms with Gasteiger partial charge in [0.25, 0.3) is 16.8 Å². The van der Waals surface area contributed by atoms with Crippen molar-refractivity contribution in [3.05, 3.63) is 74.2 Å². The molecule has 0 bridgehead atoms. The minimum Gasteiger partial charge on any atom is -0.496 e. The fourth-order valence-corrected chi connectivity index (χ4v) is 5.56. The molecule has 0 unspecified atom stereocenters. The summed E-state index contributed by atoms with van der Waals surface area (Å²) in [6.45, 7) is 9.56. The van der Waals surface area contributed by atoms with Crippen molar-refractivity contribution in [1.29, 1.82) is 0 Å². The molecule has 0 N–H and O–H groups in total. The second-order valence-corrected chi connectivity index (χ2v) is 10.4. The number of fused-ring (bicyclic) bond motifs is 1. The molecule has 0 spiro atoms. The number of benzene rings is 2. The van der Waals surface area contributed by atoms with Gasteiger partial charge in [0.15, 0.2) is 0 Å². The van der Waals surface area contributed by atoms with Crippen LogP contribution in [0.4, 0.5) is 16.2 Å². The fraction of sp³-hybridized carbons (Fsp3) is 0.333. The molecule has 188 valence electrons. The first-order valence-corrected chi connectivity index (χ1v) is 12.6. The van der Waals surface area contributed by atoms with Crippen molar-refractivity contribution in [3.8, 4) is 5.75 Å². The van der Waals surface area contributed by atoms with Crippen LogP contribution in [-0.2, 0) is 11.3 Å². The number of imide groups is 1. The molecule has 0 radical (unpaired) electrons. The quantitative estimate of drug-likeness (QED) is 0.248. The minimum absolute atomic E-state index is 0.0440. The van der Waals surface area contributed by atoms with Crippen molar-refractivity contribution in [1.82, 2.24) is 4.90 Å². The fourth-order valence-electron chi connectivity index (χ4n) is 4.73. The Balaban J connectivity index is 1.66. The molecule has 4 rings (SSSR count). The van der Waals surface area contributed by atoms with E-state index in [1.165, 1.54) is 12.1 Å². The molecule has 2 aromatic carbocycles. The van der Waals surface area contributed by atoms with Gasteiger partial charge in [-0.15, -0.1) is 0 Å². The van der Waals surface area contributed by atoms with Gasteiger partial charge in [0.2, 0.25) is 0 Å². The van der Waals surface area contributed by atoms with E-state index in [1.54, 1.807) is 25.3 Å². The zero-order chi connectivity index (χ0) is 26.2. The third kappa shape index (κ3) is 4.75. The van der Waals surface area contributed by atoms with Crippen molar-refractivity contribution in [2.45, 2.75) is 46.2 Å². The maximum atomic E-state index is 13.1. The molecule has 2 aliphatic heterocycles. The lowest BCUT2D eigenvalue weighted by Gasteiger charge is -2.43. The lowest BCUT2D eigenvalue weighted by Crippen LogP contribution is -2.45. The summed E-state index contributed by atoms with van der Waals surface area (Å²) in [5, 5.41) is 10.5. The summed E-state index contributed by atoms with van der Waals surface area (Å²) in [5.41, 5.74) is 4.47. The number of methoxy groups -OCH3 is 1. The number of hydrogen-bond donors (Lipinski definition) is 0. The first kappa shape index (κ1) is 25.5. The van der Waals surface area contributed by atoms with Gasteiger partial charge in [0.05, 0.1) is 29.0 Å². The smallest absolute Gasteiger partial charge is 0.293 e. The molecule has 2 aliphatic rings. The van der Waals surface area contributed by atoms with Crippen LogP contribution in [0.3, 0.4) is 0 Å². The first-order valence-electron chi connectivity index (χ1n) is 11.7. The molecule has 0 aliphatic carbocycles. The highest BCUT2D eigenvalue weighted by molar-refractivity contribution is 8.18. The minimum atomic E-state index is -0.488. The van der Waals surface area contributed by atoms with Gasteiger partial charge in [-0.2, -0.15) is 0 Å². The number of thioether (sulfide) groups is 1. The maximum absolute atomic E-state index is 13.1. The van der Waals surface area contributed by atoms with Gasteiger partial charge in [0.1, 0.15) is 5.75 Å². The summed E-state index contributed by atoms with van der Waals surface area (Å²) in [5.74, 6) is 0.228. The van der Waals surface area contributed by atoms with Crippen LogP contribution in [0.15, 0.2) is 47.4 Å². The molecule has 2 amide bonds. The average Bonchev–Trinajstić information content (AvgIpc) is 3.09. The summed E-state index contributed by atoms with van der Waals surface area (Å²) in [6.07, 6.45) is 4.96. The highest BCUT2D eigenvalue weighted by Gasteiger charge is 2.36. The molecule has 1 fully saturated rings. The highest BCUT2D eigenvalue weighted by Crippen LogP contribution is 2.43. The van der Waals surface area contributed by atoms with E-state index in [0.29, 0.717) is 16.2 Å². The Bertz CT molecular complexity index is 1300. The van der Waals surface area contributed by atoms with Crippen LogP contribution in [0.5, 0.6) is 5.75 Å². The van der Waals surface area contributed by atoms with E-state index < -0.39 is 10.8 Å². The standard InChI is InChI=1S/C27H29N3O5S/c1-6-11-29-22-14-23(35-5)19(12-21(22)17(2)15-27(29,3)4)13-24-25(31)28(26(32)36-24)16-18-7-9-20(10-8-18)30(33)34/h7-10,12-15H,6,11,16H2,1-5H3/b24-13+. The van der Waals surface area contributed by atoms with Crippen molar-refractivity contribution in [2.75, 3.05) is 18.6 Å². The molecule has 0 atom stereocenters. The van der Waals surface area contributed by atoms with E-state index in [9.17, 15) is 19.7 Å². The van der Waals surface area contributed by atoms with Gasteiger partial charge in [-0.25, -0.2) is 0 Å². The van der Waals surface area contributed by atoms with Crippen LogP contribution in [0, 0.1) is 10.1 Å². The number of nitro groups is 1. The Labute approximate surface area is 214 Å². The first-order chi connectivity index (χ1) is 17.1. The molecule has 8 nitrogen and oxygen atoms in total. The monoisotopic (exact) mass is 507 g/mol. The molecule has 9 heteroatoms. The molecule has 2 heterocycles. The topological polar surface area (TPSA) is 93.0 Å². The largest absolute Gasteiger partial charge is 0.496 e. The van der Waals surface area contributed by atoms with E-state index in [4.69, 9.17) is 4.74 Å². The normalized spacial score (nSPS) is 17.9. The predicted molar refractivity (Wildman–Crippen MR) is 143 cm³/mol. The van der Waals surface area contributed by atoms with Gasteiger partial charge < -0.3 is 9.64 Å². The summed E-state index contributed by atoms with van der Waals surface area (Å²) in [4.78, 5) is 40.0. The number of rotatable bonds is 7. The number of amides is 2. The van der Waals surface area contributed by atoms with E-state index in [0.717, 1.165) is 52.0 Å². The lowest BCUT2D eigenvalue weighted by atomic mass is 9.87. The Kier molecular flexibility index (Phi) is 6.95. The number of carbonyl (C=O) groups excluding carboxylic acids is 2. The van der Waals surface area contributed by atoms with Crippen molar-refractivity contribution in [3.63, 3.8) is 0 Å². The Hall–Kier alpha value is -3.59. The van der Waals surface area contributed by atoms with Gasteiger partial charge in [-0.1, -0.05) is 25.1 Å². The van der Waals surface area contributed by atoms with Gasteiger partial charge in [0, 0.05) is 41.6 Å². The summed E-state index contributed by atoms with van der Waals surface area (Å²) < 4.78 is 5.70. The van der Waals surface area contributed by atoms with Crippen molar-refractivity contribution < 1.29 is 19.2 Å². The van der Waals surface area contributed by atoms with E-state index in [1.807, 2.05) is 12.1 Å². The predicted octanol–water partition coefficient (Wildman–Crippen LogP) is 6.25. The second kappa shape index (κ2) is 9.81. The van der Waals surface area contributed by atoms with Crippen LogP contribution >= 0.6 is 11.8 Å². The number of nitrogens with zero attached hydrogens (tertiary/aromatic N) is 3. The van der Waals surface area contributed by atoms with Gasteiger partial charge in [-0.3, -0.25) is 24.6 Å². The van der Waals surface area contributed by atoms with Crippen LogP contribution < -0.4 is 9.64 Å². The SMILES string of the molecule is CCCN1c2cc(OC)c(/C=C3/SC(=O)N(Cc4ccc([N+](=O)[O-])cc4)C3=O)cc2C(C)=CC1(C)C. The van der Waals surface area contributed by atoms with Gasteiger partial charge >= 0.3 is 0 Å². The Morgan fingerprint density at radius 1 is 1.17 bits per heavy atom. The number of hydrogen-bond acceptors (Lipinski definition) is 7. The molecule has 2 aromatic rings. The van der Waals surface area contributed by atoms with Crippen LogP contribution in [-0.4, -0.2) is 40.2 Å². The molecule has 1 saturated heterocycles. The number of ether oxygens (including phenoxy) is 1. The molecular formula is C27H29N3O5S. The number of carbonyl (C=O) groups is 2. The zero-order valence-electron chi connectivity index (χ0n) is 21.0. The number of non-ortho nitro benzene ring substituents is 1. The summed E-state index contributed by atoms with van der Waals surface area (Å²) in [7, 11) is 1.60. The third-order valence-electron chi connectivity index (χ3n) is 6.42. The summed E-state index contributed by atoms with van der Waals surface area (Å²) >= 11 is 0.879. The Morgan fingerprint density at radius 3 is 2.47 bits per heavy atom. The van der Waals surface area contributed by atoms with E-state index >= 15 is 0 Å². The van der Waals surface area contributed by atoms with Crippen molar-refractivity contribution in [2.24, 2.45) is 0 Å². The van der Waals surface area contributed by atoms with E-state index in [2.05, 4.69) is 38.7 Å². The number of allylic oxidation sites excluding steroid dienone is 1. The molecule has 0 saturated carbocycles. The van der Waals surface area contributed by atoms with Crippen LogP contribution in [0.2, 0.25) is 0 Å².